The maximum atomic E-state index is 10.6. The van der Waals surface area contributed by atoms with Crippen LogP contribution in [0.15, 0.2) is 0 Å². The van der Waals surface area contributed by atoms with Gasteiger partial charge in [-0.1, -0.05) is 0 Å². The molecule has 6 heteroatoms. The van der Waals surface area contributed by atoms with Gasteiger partial charge in [0.25, 0.3) is 0 Å². The third-order valence-electron chi connectivity index (χ3n) is 1.92. The second-order valence-electron chi connectivity index (χ2n) is 2.87. The van der Waals surface area contributed by atoms with E-state index >= 15 is 0 Å². The molecule has 2 N–H and O–H groups in total. The second-order valence-corrected chi connectivity index (χ2v) is 3.94. The molecule has 1 fully saturated rings. The van der Waals surface area contributed by atoms with Crippen molar-refractivity contribution in [2.24, 2.45) is 5.92 Å². The molecule has 1 heterocycles. The lowest BCUT2D eigenvalue weighted by atomic mass is 10.1. The highest BCUT2D eigenvalue weighted by Gasteiger charge is 2.26. The van der Waals surface area contributed by atoms with Gasteiger partial charge in [-0.2, -0.15) is 0 Å². The number of rotatable bonds is 1. The van der Waals surface area contributed by atoms with E-state index in [2.05, 4.69) is 0 Å². The summed E-state index contributed by atoms with van der Waals surface area (Å²) in [6, 6.07) is 0. The molecule has 0 saturated carbocycles. The Morgan fingerprint density at radius 3 is 2.62 bits per heavy atom. The van der Waals surface area contributed by atoms with Crippen LogP contribution in [-0.2, 0) is 4.79 Å². The van der Waals surface area contributed by atoms with E-state index in [1.54, 1.807) is 0 Å². The van der Waals surface area contributed by atoms with Crippen LogP contribution in [0, 0.1) is 5.92 Å². The van der Waals surface area contributed by atoms with Crippen LogP contribution in [0.5, 0.6) is 0 Å². The number of aliphatic carboxylic acids is 1. The van der Waals surface area contributed by atoms with Crippen molar-refractivity contribution in [2.45, 2.75) is 6.42 Å². The number of thioether (sulfide) groups is 1. The Hall–Kier alpha value is -0.910. The van der Waals surface area contributed by atoms with Crippen molar-refractivity contribution in [3.8, 4) is 0 Å². The number of carboxylic acids is 1. The van der Waals surface area contributed by atoms with Gasteiger partial charge in [-0.25, -0.2) is 4.79 Å². The van der Waals surface area contributed by atoms with Crippen molar-refractivity contribution in [3.63, 3.8) is 0 Å². The quantitative estimate of drug-likeness (QED) is 0.660. The average Bonchev–Trinajstić information content (AvgIpc) is 2.28. The zero-order valence-corrected chi connectivity index (χ0v) is 7.79. The second kappa shape index (κ2) is 4.36. The minimum absolute atomic E-state index is 0.109. The van der Waals surface area contributed by atoms with E-state index in [1.807, 2.05) is 0 Å². The molecule has 0 aromatic heterocycles. The molecule has 1 rings (SSSR count). The predicted molar refractivity (Wildman–Crippen MR) is 47.8 cm³/mol. The van der Waals surface area contributed by atoms with Crippen LogP contribution < -0.4 is 0 Å². The molecule has 1 aliphatic rings. The van der Waals surface area contributed by atoms with E-state index in [0.29, 0.717) is 18.1 Å². The lowest BCUT2D eigenvalue weighted by Crippen LogP contribution is -2.35. The minimum Gasteiger partial charge on any atom is -0.481 e. The highest BCUT2D eigenvalue weighted by atomic mass is 32.2. The van der Waals surface area contributed by atoms with Crippen molar-refractivity contribution >= 4 is 23.8 Å². The van der Waals surface area contributed by atoms with Gasteiger partial charge in [-0.15, -0.1) is 11.8 Å². The molecule has 0 aromatic rings. The molecule has 0 aliphatic carbocycles. The van der Waals surface area contributed by atoms with Gasteiger partial charge in [0.05, 0.1) is 11.8 Å². The van der Waals surface area contributed by atoms with E-state index < -0.39 is 18.0 Å². The normalized spacial score (nSPS) is 23.7. The van der Waals surface area contributed by atoms with Crippen LogP contribution in [0.4, 0.5) is 4.79 Å². The number of carboxylic acid groups (broad SMARTS) is 2. The Labute approximate surface area is 79.7 Å². The minimum atomic E-state index is -1.04. The summed E-state index contributed by atoms with van der Waals surface area (Å²) in [5, 5.41) is 17.4. The van der Waals surface area contributed by atoms with Gasteiger partial charge < -0.3 is 10.2 Å². The first-order valence-electron chi connectivity index (χ1n) is 3.89. The van der Waals surface area contributed by atoms with Crippen molar-refractivity contribution in [1.82, 2.24) is 4.90 Å². The van der Waals surface area contributed by atoms with Crippen molar-refractivity contribution in [3.05, 3.63) is 0 Å². The molecule has 74 valence electrons. The van der Waals surface area contributed by atoms with Gasteiger partial charge in [0.15, 0.2) is 0 Å². The van der Waals surface area contributed by atoms with Crippen molar-refractivity contribution in [1.29, 1.82) is 0 Å². The number of nitrogens with zero attached hydrogens (tertiary/aromatic N) is 1. The van der Waals surface area contributed by atoms with Gasteiger partial charge in [-0.05, 0) is 12.2 Å². The Balaban J connectivity index is 2.59. The molecule has 0 aromatic carbocycles. The molecule has 1 saturated heterocycles. The Morgan fingerprint density at radius 1 is 1.38 bits per heavy atom. The zero-order valence-electron chi connectivity index (χ0n) is 6.97. The number of hydrogen-bond donors (Lipinski definition) is 2. The maximum absolute atomic E-state index is 10.6. The molecular formula is C7H11NO4S. The van der Waals surface area contributed by atoms with E-state index in [9.17, 15) is 9.59 Å². The Morgan fingerprint density at radius 2 is 2.08 bits per heavy atom. The van der Waals surface area contributed by atoms with Crippen molar-refractivity contribution < 1.29 is 19.8 Å². The lowest BCUT2D eigenvalue weighted by Gasteiger charge is -2.17. The molecule has 1 unspecified atom stereocenters. The van der Waals surface area contributed by atoms with E-state index in [0.717, 1.165) is 4.90 Å². The molecule has 5 nitrogen and oxygen atoms in total. The molecule has 1 atom stereocenters. The van der Waals surface area contributed by atoms with E-state index in [-0.39, 0.29) is 6.54 Å². The number of hydrogen-bond acceptors (Lipinski definition) is 3. The fourth-order valence-electron chi connectivity index (χ4n) is 1.15. The molecule has 0 bridgehead atoms. The monoisotopic (exact) mass is 205 g/mol. The smallest absolute Gasteiger partial charge is 0.408 e. The molecule has 13 heavy (non-hydrogen) atoms. The van der Waals surface area contributed by atoms with Gasteiger partial charge in [-0.3, -0.25) is 9.69 Å². The Kier molecular flexibility index (Phi) is 3.41. The van der Waals surface area contributed by atoms with Gasteiger partial charge in [0.2, 0.25) is 0 Å². The average molecular weight is 205 g/mol. The predicted octanol–water partition coefficient (Wildman–Crippen LogP) is 0.762. The largest absolute Gasteiger partial charge is 0.481 e. The SMILES string of the molecule is O=C(O)C1CCSCN(C(=O)O)C1. The summed E-state index contributed by atoms with van der Waals surface area (Å²) < 4.78 is 0. The van der Waals surface area contributed by atoms with E-state index in [4.69, 9.17) is 10.2 Å². The molecule has 1 aliphatic heterocycles. The first kappa shape index (κ1) is 10.2. The lowest BCUT2D eigenvalue weighted by molar-refractivity contribution is -0.142. The zero-order chi connectivity index (χ0) is 9.84. The van der Waals surface area contributed by atoms with Gasteiger partial charge >= 0.3 is 12.1 Å². The summed E-state index contributed by atoms with van der Waals surface area (Å²) in [5.74, 6) is -0.375. The van der Waals surface area contributed by atoms with Gasteiger partial charge in [0, 0.05) is 6.54 Å². The molecular weight excluding hydrogens is 194 g/mol. The first-order chi connectivity index (χ1) is 6.11. The topological polar surface area (TPSA) is 77.8 Å². The third kappa shape index (κ3) is 2.80. The fraction of sp³-hybridized carbons (Fsp3) is 0.714. The van der Waals surface area contributed by atoms with Crippen LogP contribution in [0.3, 0.4) is 0 Å². The summed E-state index contributed by atoms with van der Waals surface area (Å²) in [5.41, 5.74) is 0. The van der Waals surface area contributed by atoms with Crippen LogP contribution in [-0.4, -0.2) is 45.3 Å². The van der Waals surface area contributed by atoms with Crippen LogP contribution in [0.25, 0.3) is 0 Å². The van der Waals surface area contributed by atoms with Crippen molar-refractivity contribution in [2.75, 3.05) is 18.2 Å². The summed E-state index contributed by atoms with van der Waals surface area (Å²) >= 11 is 1.46. The number of carbonyl (C=O) groups is 2. The molecule has 0 spiro atoms. The fourth-order valence-corrected chi connectivity index (χ4v) is 2.16. The van der Waals surface area contributed by atoms with Crippen LogP contribution in [0.2, 0.25) is 0 Å². The summed E-state index contributed by atoms with van der Waals surface area (Å²) in [6.45, 7) is 0.109. The molecule has 1 amide bonds. The first-order valence-corrected chi connectivity index (χ1v) is 5.05. The highest BCUT2D eigenvalue weighted by Crippen LogP contribution is 2.18. The number of amides is 1. The summed E-state index contributed by atoms with van der Waals surface area (Å²) in [7, 11) is 0. The van der Waals surface area contributed by atoms with Crippen LogP contribution >= 0.6 is 11.8 Å². The third-order valence-corrected chi connectivity index (χ3v) is 2.94. The summed E-state index contributed by atoms with van der Waals surface area (Å²) in [6.07, 6.45) is -0.496. The highest BCUT2D eigenvalue weighted by molar-refractivity contribution is 7.99. The summed E-state index contributed by atoms with van der Waals surface area (Å²) in [4.78, 5) is 22.4. The molecule has 0 radical (unpaired) electrons. The maximum Gasteiger partial charge on any atom is 0.408 e. The van der Waals surface area contributed by atoms with Gasteiger partial charge in [0.1, 0.15) is 0 Å². The standard InChI is InChI=1S/C7H11NO4S/c9-6(10)5-1-2-13-4-8(3-5)7(11)12/h5H,1-4H2,(H,9,10)(H,11,12). The van der Waals surface area contributed by atoms with Crippen LogP contribution in [0.1, 0.15) is 6.42 Å². The van der Waals surface area contributed by atoms with E-state index in [1.165, 1.54) is 11.8 Å². The Bertz CT molecular complexity index is 199.